The van der Waals surface area contributed by atoms with Crippen LogP contribution >= 0.6 is 0 Å². The number of hydrogen-bond donors (Lipinski definition) is 2. The predicted molar refractivity (Wildman–Crippen MR) is 189 cm³/mol. The smallest absolute Gasteiger partial charge is 0.355 e. The Kier molecular flexibility index (Phi) is 9.31. The van der Waals surface area contributed by atoms with Crippen molar-refractivity contribution >= 4 is 40.2 Å². The van der Waals surface area contributed by atoms with Gasteiger partial charge in [0.1, 0.15) is 35.6 Å². The van der Waals surface area contributed by atoms with Crippen LogP contribution in [0.4, 0.5) is 19.0 Å². The summed E-state index contributed by atoms with van der Waals surface area (Å²) in [5.74, 6) is -1.19. The normalized spacial score (nSPS) is 23.7. The summed E-state index contributed by atoms with van der Waals surface area (Å²) in [7, 11) is 0. The molecule has 1 aromatic carbocycles. The molecule has 2 unspecified atom stereocenters. The summed E-state index contributed by atoms with van der Waals surface area (Å²) < 4.78 is 42.2. The standard InChI is InChI=1S/C38H41F3N8O4/c1-20-11-12-29(38(39,40)41)45-35(20)46-36(53)28-15-37-19-44-30(51)10-8-6-5-7-9-24-13-25(26-16-42-23(4)43-17-26)14-27-32(22(3)50)47-48(33(24)27)18-31(52)49(28)34(37)21(37)2/h11-14,16-17,21,28,34H,5-10,15,18-19H2,1-4H3,(H,44,51)(H,45,46,53)/t21?,28-,34?,37+/m0/s1. The van der Waals surface area contributed by atoms with Gasteiger partial charge in [0.25, 0.3) is 0 Å². The highest BCUT2D eigenvalue weighted by atomic mass is 19.4. The second-order valence-electron chi connectivity index (χ2n) is 14.6. The van der Waals surface area contributed by atoms with Crippen LogP contribution in [0.25, 0.3) is 22.0 Å². The van der Waals surface area contributed by atoms with Crippen LogP contribution in [-0.2, 0) is 33.5 Å². The minimum Gasteiger partial charge on any atom is -0.355 e. The van der Waals surface area contributed by atoms with Crippen LogP contribution in [0.15, 0.2) is 36.7 Å². The van der Waals surface area contributed by atoms with Crippen molar-refractivity contribution in [3.8, 4) is 11.1 Å². The van der Waals surface area contributed by atoms with Crippen LogP contribution in [0.3, 0.4) is 0 Å². The molecule has 5 heterocycles. The SMILES string of the molecule is CC(=O)c1nn2c3c(cc(-c4cnc(C)nc4)cc13)CCCCCCC(=O)NC[C@@]13C[C@@H](C(=O)Nc4nc(C(F)(F)F)ccc4C)N(C(=O)C2)C1C3C. The number of anilines is 1. The maximum atomic E-state index is 14.6. The molecule has 1 saturated heterocycles. The topological polar surface area (TPSA) is 152 Å². The summed E-state index contributed by atoms with van der Waals surface area (Å²) in [5, 5.41) is 10.9. The summed E-state index contributed by atoms with van der Waals surface area (Å²) in [4.78, 5) is 68.4. The van der Waals surface area contributed by atoms with E-state index in [4.69, 9.17) is 0 Å². The van der Waals surface area contributed by atoms with Gasteiger partial charge in [-0.3, -0.25) is 23.9 Å². The van der Waals surface area contributed by atoms with Crippen molar-refractivity contribution in [3.05, 3.63) is 65.0 Å². The lowest BCUT2D eigenvalue weighted by Crippen LogP contribution is -2.47. The van der Waals surface area contributed by atoms with Crippen LogP contribution < -0.4 is 10.6 Å². The van der Waals surface area contributed by atoms with E-state index >= 15 is 0 Å². The van der Waals surface area contributed by atoms with Gasteiger partial charge in [0.15, 0.2) is 5.78 Å². The number of benzene rings is 1. The van der Waals surface area contributed by atoms with Crippen molar-refractivity contribution in [1.29, 1.82) is 0 Å². The Morgan fingerprint density at radius 3 is 2.42 bits per heavy atom. The number of halogens is 3. The van der Waals surface area contributed by atoms with Gasteiger partial charge in [-0.1, -0.05) is 25.8 Å². The molecule has 2 N–H and O–H groups in total. The Morgan fingerprint density at radius 1 is 1.00 bits per heavy atom. The van der Waals surface area contributed by atoms with E-state index in [0.717, 1.165) is 42.0 Å². The first-order valence-corrected chi connectivity index (χ1v) is 17.9. The molecule has 3 aromatic heterocycles. The van der Waals surface area contributed by atoms with Crippen LogP contribution in [0.5, 0.6) is 0 Å². The zero-order valence-electron chi connectivity index (χ0n) is 30.0. The molecule has 0 spiro atoms. The van der Waals surface area contributed by atoms with Gasteiger partial charge < -0.3 is 15.5 Å². The van der Waals surface area contributed by atoms with Crippen molar-refractivity contribution in [3.63, 3.8) is 0 Å². The molecule has 12 nitrogen and oxygen atoms in total. The molecule has 278 valence electrons. The maximum absolute atomic E-state index is 14.6. The fourth-order valence-electron chi connectivity index (χ4n) is 8.24. The van der Waals surface area contributed by atoms with E-state index in [9.17, 15) is 32.3 Å². The number of hydrogen-bond acceptors (Lipinski definition) is 8. The van der Waals surface area contributed by atoms with Gasteiger partial charge in [-0.2, -0.15) is 18.3 Å². The molecule has 4 atom stereocenters. The van der Waals surface area contributed by atoms with Gasteiger partial charge in [0.2, 0.25) is 17.7 Å². The lowest BCUT2D eigenvalue weighted by molar-refractivity contribution is -0.141. The number of Topliss-reactive ketones (excluding diaryl/α,β-unsaturated/α-hetero) is 1. The minimum absolute atomic E-state index is 0.0694. The number of carbonyl (C=O) groups excluding carboxylic acids is 4. The first-order chi connectivity index (χ1) is 25.2. The Hall–Kier alpha value is -5.21. The summed E-state index contributed by atoms with van der Waals surface area (Å²) >= 11 is 0. The zero-order valence-corrected chi connectivity index (χ0v) is 30.0. The Morgan fingerprint density at radius 2 is 1.72 bits per heavy atom. The summed E-state index contributed by atoms with van der Waals surface area (Å²) in [6.45, 7) is 6.68. The lowest BCUT2D eigenvalue weighted by Gasteiger charge is -2.28. The second-order valence-corrected chi connectivity index (χ2v) is 14.6. The fraction of sp³-hybridized carbons (Fsp3) is 0.474. The predicted octanol–water partition coefficient (Wildman–Crippen LogP) is 5.59. The van der Waals surface area contributed by atoms with Crippen molar-refractivity contribution in [2.75, 3.05) is 11.9 Å². The van der Waals surface area contributed by atoms with E-state index in [0.29, 0.717) is 41.6 Å². The number of amides is 3. The molecule has 2 bridgehead atoms. The molecule has 53 heavy (non-hydrogen) atoms. The van der Waals surface area contributed by atoms with Crippen molar-refractivity contribution in [2.45, 2.75) is 97.4 Å². The third kappa shape index (κ3) is 6.77. The van der Waals surface area contributed by atoms with E-state index < -0.39 is 41.2 Å². The minimum atomic E-state index is -4.72. The molecule has 0 radical (unpaired) electrons. The van der Waals surface area contributed by atoms with Gasteiger partial charge in [-0.15, -0.1) is 0 Å². The summed E-state index contributed by atoms with van der Waals surface area (Å²) in [6.07, 6.45) is 3.05. The third-order valence-corrected chi connectivity index (χ3v) is 11.2. The maximum Gasteiger partial charge on any atom is 0.433 e. The van der Waals surface area contributed by atoms with Gasteiger partial charge >= 0.3 is 6.18 Å². The average molecular weight is 731 g/mol. The van der Waals surface area contributed by atoms with Crippen LogP contribution in [0, 0.1) is 25.2 Å². The second kappa shape index (κ2) is 13.6. The molecule has 4 aromatic rings. The first kappa shape index (κ1) is 36.2. The van der Waals surface area contributed by atoms with Gasteiger partial charge in [0.05, 0.1) is 5.52 Å². The number of rotatable bonds is 4. The first-order valence-electron chi connectivity index (χ1n) is 17.9. The Labute approximate surface area is 304 Å². The van der Waals surface area contributed by atoms with Gasteiger partial charge in [-0.05, 0) is 80.3 Å². The molecule has 3 amide bonds. The molecule has 15 heteroatoms. The number of pyridine rings is 1. The third-order valence-electron chi connectivity index (χ3n) is 11.2. The molecule has 2 fully saturated rings. The molecule has 1 aliphatic carbocycles. The average Bonchev–Trinajstić information content (AvgIpc) is 3.37. The number of aryl methyl sites for hydroxylation is 3. The molecule has 7 rings (SSSR count). The molecular weight excluding hydrogens is 689 g/mol. The highest BCUT2D eigenvalue weighted by molar-refractivity contribution is 6.07. The number of nitrogens with zero attached hydrogens (tertiary/aromatic N) is 6. The number of piperidine rings is 1. The summed E-state index contributed by atoms with van der Waals surface area (Å²) in [5.41, 5.74) is 1.85. The lowest BCUT2D eigenvalue weighted by atomic mass is 9.95. The Bertz CT molecular complexity index is 2130. The summed E-state index contributed by atoms with van der Waals surface area (Å²) in [6, 6.07) is 4.48. The zero-order chi connectivity index (χ0) is 37.8. The highest BCUT2D eigenvalue weighted by Crippen LogP contribution is 2.64. The molecular formula is C38H41F3N8O4. The van der Waals surface area contributed by atoms with Crippen LogP contribution in [0.2, 0.25) is 0 Å². The van der Waals surface area contributed by atoms with Gasteiger partial charge in [0, 0.05) is 54.7 Å². The van der Waals surface area contributed by atoms with Crippen molar-refractivity contribution in [1.82, 2.24) is 34.9 Å². The highest BCUT2D eigenvalue weighted by Gasteiger charge is 2.72. The van der Waals surface area contributed by atoms with E-state index in [1.54, 1.807) is 24.0 Å². The quantitative estimate of drug-likeness (QED) is 0.258. The van der Waals surface area contributed by atoms with E-state index in [2.05, 4.69) is 30.7 Å². The number of ketones is 1. The van der Waals surface area contributed by atoms with Gasteiger partial charge in [-0.25, -0.2) is 15.0 Å². The number of carbonyl (C=O) groups is 4. The van der Waals surface area contributed by atoms with E-state index in [-0.39, 0.29) is 48.6 Å². The van der Waals surface area contributed by atoms with E-state index in [1.807, 2.05) is 19.1 Å². The monoisotopic (exact) mass is 730 g/mol. The largest absolute Gasteiger partial charge is 0.433 e. The fourth-order valence-corrected chi connectivity index (χ4v) is 8.24. The number of nitrogens with one attached hydrogen (secondary N) is 2. The van der Waals surface area contributed by atoms with Crippen LogP contribution in [0.1, 0.15) is 85.5 Å². The van der Waals surface area contributed by atoms with Crippen LogP contribution in [-0.4, -0.2) is 71.8 Å². The number of alkyl halides is 3. The van der Waals surface area contributed by atoms with Crippen molar-refractivity contribution < 1.29 is 32.3 Å². The molecule has 3 aliphatic rings. The Balaban J connectivity index is 1.30. The molecule has 2 aliphatic heterocycles. The van der Waals surface area contributed by atoms with Crippen molar-refractivity contribution in [2.24, 2.45) is 11.3 Å². The van der Waals surface area contributed by atoms with E-state index in [1.165, 1.54) is 24.8 Å². The molecule has 1 saturated carbocycles. The number of aromatic nitrogens is 5.